The molecule has 4 rings (SSSR count). The van der Waals surface area contributed by atoms with Crippen molar-refractivity contribution < 1.29 is 28.0 Å². The second-order valence-corrected chi connectivity index (χ2v) is 8.52. The molecule has 1 aliphatic carbocycles. The molecule has 1 aromatic carbocycles. The van der Waals surface area contributed by atoms with E-state index in [2.05, 4.69) is 27.4 Å². The maximum atomic E-state index is 12.7. The molecule has 2 heterocycles. The average Bonchev–Trinajstić information content (AvgIpc) is 3.74. The summed E-state index contributed by atoms with van der Waals surface area (Å²) in [6.45, 7) is 1.86. The fourth-order valence-corrected chi connectivity index (χ4v) is 3.91. The molecule has 1 saturated heterocycles. The molecule has 2 aliphatic rings. The van der Waals surface area contributed by atoms with E-state index in [0.29, 0.717) is 43.1 Å². The van der Waals surface area contributed by atoms with Gasteiger partial charge in [-0.05, 0) is 31.1 Å². The molecule has 2 aromatic rings. The molecule has 36 heavy (non-hydrogen) atoms. The Balaban J connectivity index is 1.58. The molecule has 3 amide bonds. The Morgan fingerprint density at radius 3 is 2.61 bits per heavy atom. The second-order valence-electron chi connectivity index (χ2n) is 8.52. The van der Waals surface area contributed by atoms with Gasteiger partial charge < -0.3 is 30.3 Å². The van der Waals surface area contributed by atoms with Crippen LogP contribution < -0.4 is 25.4 Å². The SMILES string of the molecule is [2H]C([2H])([2H])NC(=O)c1nnc(NC(=O)C2CC2)cc1Nc1cccc(OC2CCN(C(=O)C=C)CC2)c1OC. The summed E-state index contributed by atoms with van der Waals surface area (Å²) in [5.41, 5.74) is 0.220. The van der Waals surface area contributed by atoms with E-state index >= 15 is 0 Å². The van der Waals surface area contributed by atoms with E-state index in [-0.39, 0.29) is 41.0 Å². The summed E-state index contributed by atoms with van der Waals surface area (Å²) in [5, 5.41) is 15.4. The first-order valence-corrected chi connectivity index (χ1v) is 11.6. The van der Waals surface area contributed by atoms with Gasteiger partial charge in [0.15, 0.2) is 23.0 Å². The predicted molar refractivity (Wildman–Crippen MR) is 133 cm³/mol. The number of hydrogen-bond acceptors (Lipinski definition) is 8. The van der Waals surface area contributed by atoms with Crippen molar-refractivity contribution in [1.82, 2.24) is 20.4 Å². The van der Waals surface area contributed by atoms with Crippen LogP contribution in [0, 0.1) is 5.92 Å². The number of nitrogens with one attached hydrogen (secondary N) is 3. The number of carbonyl (C=O) groups excluding carboxylic acids is 3. The topological polar surface area (TPSA) is 135 Å². The molecule has 0 bridgehead atoms. The molecule has 0 atom stereocenters. The normalized spacial score (nSPS) is 17.1. The maximum absolute atomic E-state index is 12.7. The van der Waals surface area contributed by atoms with Crippen LogP contribution in [-0.4, -0.2) is 66.1 Å². The van der Waals surface area contributed by atoms with Crippen molar-refractivity contribution in [1.29, 1.82) is 0 Å². The number of para-hydroxylation sites is 1. The van der Waals surface area contributed by atoms with Crippen LogP contribution in [0.25, 0.3) is 0 Å². The van der Waals surface area contributed by atoms with Crippen molar-refractivity contribution in [2.24, 2.45) is 5.92 Å². The lowest BCUT2D eigenvalue weighted by atomic mass is 10.1. The molecule has 0 radical (unpaired) electrons. The third kappa shape index (κ3) is 5.73. The fraction of sp³-hybridized carbons (Fsp3) is 0.400. The Hall–Kier alpha value is -4.15. The van der Waals surface area contributed by atoms with E-state index < -0.39 is 12.9 Å². The van der Waals surface area contributed by atoms with Gasteiger partial charge in [-0.1, -0.05) is 12.6 Å². The number of aromatic nitrogens is 2. The van der Waals surface area contributed by atoms with Gasteiger partial charge in [0.1, 0.15) is 6.10 Å². The molecule has 2 fully saturated rings. The lowest BCUT2D eigenvalue weighted by Gasteiger charge is -2.32. The molecule has 11 nitrogen and oxygen atoms in total. The monoisotopic (exact) mass is 497 g/mol. The van der Waals surface area contributed by atoms with E-state index in [1.165, 1.54) is 19.3 Å². The maximum Gasteiger partial charge on any atom is 0.273 e. The molecule has 3 N–H and O–H groups in total. The van der Waals surface area contributed by atoms with Gasteiger partial charge in [-0.25, -0.2) is 0 Å². The minimum absolute atomic E-state index is 0.0857. The van der Waals surface area contributed by atoms with Gasteiger partial charge in [-0.3, -0.25) is 14.4 Å². The Labute approximate surface area is 213 Å². The van der Waals surface area contributed by atoms with E-state index in [0.717, 1.165) is 12.8 Å². The average molecular weight is 498 g/mol. The summed E-state index contributed by atoms with van der Waals surface area (Å²) < 4.78 is 33.9. The minimum Gasteiger partial charge on any atom is -0.491 e. The number of piperidine rings is 1. The van der Waals surface area contributed by atoms with Crippen molar-refractivity contribution in [3.05, 3.63) is 42.6 Å². The van der Waals surface area contributed by atoms with Crippen LogP contribution in [0.15, 0.2) is 36.9 Å². The Kier molecular flexibility index (Phi) is 6.50. The van der Waals surface area contributed by atoms with E-state index in [1.54, 1.807) is 23.1 Å². The zero-order valence-electron chi connectivity index (χ0n) is 22.9. The zero-order chi connectivity index (χ0) is 28.2. The van der Waals surface area contributed by atoms with Crippen molar-refractivity contribution in [3.63, 3.8) is 0 Å². The van der Waals surface area contributed by atoms with Gasteiger partial charge in [0.05, 0.1) is 18.5 Å². The molecule has 1 saturated carbocycles. The van der Waals surface area contributed by atoms with Gasteiger partial charge in [-0.15, -0.1) is 10.2 Å². The summed E-state index contributed by atoms with van der Waals surface area (Å²) in [6.07, 6.45) is 3.96. The van der Waals surface area contributed by atoms with Crippen LogP contribution in [0.1, 0.15) is 40.3 Å². The number of anilines is 3. The lowest BCUT2D eigenvalue weighted by molar-refractivity contribution is -0.127. The van der Waals surface area contributed by atoms with Crippen LogP contribution in [0.3, 0.4) is 0 Å². The number of nitrogens with zero attached hydrogens (tertiary/aromatic N) is 3. The number of hydrogen-bond donors (Lipinski definition) is 3. The summed E-state index contributed by atoms with van der Waals surface area (Å²) in [6, 6.07) is 6.55. The summed E-state index contributed by atoms with van der Waals surface area (Å²) >= 11 is 0. The van der Waals surface area contributed by atoms with Gasteiger partial charge in [0, 0.05) is 49.0 Å². The molecule has 190 valence electrons. The third-order valence-electron chi connectivity index (χ3n) is 6.00. The van der Waals surface area contributed by atoms with Gasteiger partial charge in [0.2, 0.25) is 11.8 Å². The lowest BCUT2D eigenvalue weighted by Crippen LogP contribution is -2.41. The summed E-state index contributed by atoms with van der Waals surface area (Å²) in [7, 11) is 1.47. The van der Waals surface area contributed by atoms with E-state index in [4.69, 9.17) is 13.6 Å². The Morgan fingerprint density at radius 1 is 1.17 bits per heavy atom. The molecular formula is C25H30N6O5. The fourth-order valence-electron chi connectivity index (χ4n) is 3.91. The van der Waals surface area contributed by atoms with Gasteiger partial charge in [-0.2, -0.15) is 0 Å². The highest BCUT2D eigenvalue weighted by Gasteiger charge is 2.30. The van der Waals surface area contributed by atoms with Gasteiger partial charge in [0.25, 0.3) is 5.91 Å². The number of methoxy groups -OCH3 is 1. The second kappa shape index (κ2) is 11.1. The molecule has 11 heteroatoms. The first-order valence-electron chi connectivity index (χ1n) is 13.1. The van der Waals surface area contributed by atoms with Crippen molar-refractivity contribution in [2.75, 3.05) is 37.8 Å². The number of ether oxygens (including phenoxy) is 2. The van der Waals surface area contributed by atoms with E-state index in [1.807, 2.05) is 5.32 Å². The van der Waals surface area contributed by atoms with Gasteiger partial charge >= 0.3 is 0 Å². The number of likely N-dealkylation sites (tertiary alicyclic amines) is 1. The first kappa shape index (κ1) is 21.2. The number of amides is 3. The number of carbonyl (C=O) groups is 3. The number of benzene rings is 1. The minimum atomic E-state index is -2.74. The molecule has 1 aromatic heterocycles. The highest BCUT2D eigenvalue weighted by Crippen LogP contribution is 2.39. The van der Waals surface area contributed by atoms with Crippen LogP contribution in [-0.2, 0) is 9.59 Å². The van der Waals surface area contributed by atoms with Crippen molar-refractivity contribution >= 4 is 34.9 Å². The smallest absolute Gasteiger partial charge is 0.273 e. The van der Waals surface area contributed by atoms with E-state index in [9.17, 15) is 14.4 Å². The van der Waals surface area contributed by atoms with Crippen LogP contribution in [0.2, 0.25) is 0 Å². The number of rotatable bonds is 9. The molecule has 0 unspecified atom stereocenters. The third-order valence-corrected chi connectivity index (χ3v) is 6.00. The Morgan fingerprint density at radius 2 is 1.94 bits per heavy atom. The summed E-state index contributed by atoms with van der Waals surface area (Å²) in [5.74, 6) is -0.502. The molecular weight excluding hydrogens is 464 g/mol. The van der Waals surface area contributed by atoms with Crippen LogP contribution in [0.4, 0.5) is 17.2 Å². The largest absolute Gasteiger partial charge is 0.491 e. The zero-order valence-corrected chi connectivity index (χ0v) is 19.9. The summed E-state index contributed by atoms with van der Waals surface area (Å²) in [4.78, 5) is 38.5. The van der Waals surface area contributed by atoms with Crippen molar-refractivity contribution in [3.8, 4) is 11.5 Å². The van der Waals surface area contributed by atoms with Crippen LogP contribution >= 0.6 is 0 Å². The quantitative estimate of drug-likeness (QED) is 0.450. The van der Waals surface area contributed by atoms with Crippen molar-refractivity contribution in [2.45, 2.75) is 31.8 Å². The van der Waals surface area contributed by atoms with Crippen LogP contribution in [0.5, 0.6) is 11.5 Å². The Bertz CT molecular complexity index is 1260. The molecule has 0 spiro atoms. The highest BCUT2D eigenvalue weighted by molar-refractivity contribution is 5.99. The predicted octanol–water partition coefficient (Wildman–Crippen LogP) is 2.49. The molecule has 1 aliphatic heterocycles. The highest BCUT2D eigenvalue weighted by atomic mass is 16.5. The standard InChI is InChI=1S/C25H30N6O5/c1-4-21(32)31-12-10-16(11-13-31)36-19-7-5-6-17(23(19)35-3)27-18-14-20(28-24(33)15-8-9-15)29-30-22(18)25(34)26-2/h4-7,14-16H,1,8-13H2,2-3H3,(H,26,34)(H2,27,28,29,33)/i2D3. The first-order chi connectivity index (χ1) is 18.6.